The Balaban J connectivity index is 2.86. The smallest absolute Gasteiger partial charge is 0.326 e. The molecule has 0 spiro atoms. The molecule has 1 aliphatic rings. The summed E-state index contributed by atoms with van der Waals surface area (Å²) in [6.07, 6.45) is 7.39. The first-order chi connectivity index (χ1) is 15.8. The molecule has 0 aromatic rings. The summed E-state index contributed by atoms with van der Waals surface area (Å²) in [4.78, 5) is 51.7. The summed E-state index contributed by atoms with van der Waals surface area (Å²) in [7, 11) is 0. The number of nitrogens with zero attached hydrogens (tertiary/aromatic N) is 1. The molecular weight excluding hydrogens is 466 g/mol. The van der Waals surface area contributed by atoms with E-state index < -0.39 is 42.0 Å². The number of hydrogen-bond donors (Lipinski definition) is 5. The van der Waals surface area contributed by atoms with Gasteiger partial charge in [-0.2, -0.15) is 23.5 Å². The van der Waals surface area contributed by atoms with Crippen molar-refractivity contribution in [2.75, 3.05) is 37.1 Å². The van der Waals surface area contributed by atoms with Crippen LogP contribution in [0.5, 0.6) is 0 Å². The molecule has 1 heterocycles. The molecule has 10 nitrogen and oxygen atoms in total. The first kappa shape index (κ1) is 29.5. The predicted molar refractivity (Wildman–Crippen MR) is 133 cm³/mol. The van der Waals surface area contributed by atoms with E-state index in [9.17, 15) is 24.3 Å². The van der Waals surface area contributed by atoms with Gasteiger partial charge >= 0.3 is 5.97 Å². The van der Waals surface area contributed by atoms with E-state index in [4.69, 9.17) is 11.5 Å². The van der Waals surface area contributed by atoms with E-state index in [0.717, 1.165) is 5.75 Å². The van der Waals surface area contributed by atoms with Gasteiger partial charge in [-0.3, -0.25) is 14.4 Å². The number of rotatable bonds is 16. The third-order valence-corrected chi connectivity index (χ3v) is 6.88. The lowest BCUT2D eigenvalue weighted by molar-refractivity contribution is -0.143. The van der Waals surface area contributed by atoms with Crippen molar-refractivity contribution in [1.82, 2.24) is 15.5 Å². The molecule has 12 heteroatoms. The van der Waals surface area contributed by atoms with Crippen LogP contribution in [0.2, 0.25) is 0 Å². The van der Waals surface area contributed by atoms with Crippen molar-refractivity contribution in [3.05, 3.63) is 0 Å². The molecule has 1 fully saturated rings. The zero-order valence-corrected chi connectivity index (χ0v) is 21.2. The number of carbonyl (C=O) groups excluding carboxylic acids is 3. The average Bonchev–Trinajstić information content (AvgIpc) is 3.28. The maximum absolute atomic E-state index is 13.1. The number of carboxylic acids is 1. The number of amides is 3. The monoisotopic (exact) mass is 505 g/mol. The molecule has 4 unspecified atom stereocenters. The van der Waals surface area contributed by atoms with Crippen molar-refractivity contribution in [1.29, 1.82) is 0 Å². The van der Waals surface area contributed by atoms with Crippen molar-refractivity contribution in [3.8, 4) is 0 Å². The summed E-state index contributed by atoms with van der Waals surface area (Å²) in [5.41, 5.74) is 11.6. The minimum atomic E-state index is -1.11. The minimum Gasteiger partial charge on any atom is -0.480 e. The maximum atomic E-state index is 13.1. The summed E-state index contributed by atoms with van der Waals surface area (Å²) in [6, 6.07) is -3.28. The van der Waals surface area contributed by atoms with Crippen LogP contribution in [0.25, 0.3) is 0 Å². The SMILES string of the molecule is CSCCC(N)C(=O)N1CCCC1C(=O)NC(CCCCN)C(=O)NC(CCSC)C(=O)O. The number of nitrogens with two attached hydrogens (primary N) is 2. The van der Waals surface area contributed by atoms with Crippen LogP contribution in [0.1, 0.15) is 44.9 Å². The van der Waals surface area contributed by atoms with Gasteiger partial charge in [-0.15, -0.1) is 0 Å². The lowest BCUT2D eigenvalue weighted by atomic mass is 10.1. The maximum Gasteiger partial charge on any atom is 0.326 e. The lowest BCUT2D eigenvalue weighted by Gasteiger charge is -2.28. The molecule has 0 aliphatic carbocycles. The van der Waals surface area contributed by atoms with E-state index in [1.807, 2.05) is 12.5 Å². The molecule has 0 radical (unpaired) electrons. The van der Waals surface area contributed by atoms with E-state index in [-0.39, 0.29) is 12.3 Å². The second-order valence-corrected chi connectivity index (χ2v) is 10.1. The molecule has 1 aliphatic heterocycles. The fourth-order valence-electron chi connectivity index (χ4n) is 3.68. The van der Waals surface area contributed by atoms with Gasteiger partial charge in [0, 0.05) is 6.54 Å². The van der Waals surface area contributed by atoms with Crippen LogP contribution in [0, 0.1) is 0 Å². The van der Waals surface area contributed by atoms with Crippen molar-refractivity contribution < 1.29 is 24.3 Å². The number of carboxylic acid groups (broad SMARTS) is 1. The van der Waals surface area contributed by atoms with E-state index in [1.54, 1.807) is 11.8 Å². The quantitative estimate of drug-likeness (QED) is 0.181. The number of carbonyl (C=O) groups is 4. The Morgan fingerprint density at radius 2 is 1.70 bits per heavy atom. The first-order valence-electron chi connectivity index (χ1n) is 11.3. The number of hydrogen-bond acceptors (Lipinski definition) is 8. The highest BCUT2D eigenvalue weighted by Gasteiger charge is 2.37. The molecule has 1 rings (SSSR count). The average molecular weight is 506 g/mol. The highest BCUT2D eigenvalue weighted by Crippen LogP contribution is 2.20. The number of nitrogens with one attached hydrogen (secondary N) is 2. The van der Waals surface area contributed by atoms with Gasteiger partial charge < -0.3 is 32.1 Å². The van der Waals surface area contributed by atoms with E-state index >= 15 is 0 Å². The van der Waals surface area contributed by atoms with Crippen molar-refractivity contribution >= 4 is 47.2 Å². The predicted octanol–water partition coefficient (Wildman–Crippen LogP) is -0.00590. The summed E-state index contributed by atoms with van der Waals surface area (Å²) >= 11 is 3.09. The van der Waals surface area contributed by atoms with Crippen LogP contribution in [0.4, 0.5) is 0 Å². The molecule has 0 saturated carbocycles. The summed E-state index contributed by atoms with van der Waals surface area (Å²) in [5.74, 6) is -0.993. The van der Waals surface area contributed by atoms with Gasteiger partial charge in [0.2, 0.25) is 17.7 Å². The molecule has 33 heavy (non-hydrogen) atoms. The zero-order chi connectivity index (χ0) is 24.8. The largest absolute Gasteiger partial charge is 0.480 e. The topological polar surface area (TPSA) is 168 Å². The molecule has 1 saturated heterocycles. The minimum absolute atomic E-state index is 0.256. The highest BCUT2D eigenvalue weighted by molar-refractivity contribution is 7.98. The third-order valence-electron chi connectivity index (χ3n) is 5.59. The van der Waals surface area contributed by atoms with Crippen LogP contribution in [0.15, 0.2) is 0 Å². The van der Waals surface area contributed by atoms with Gasteiger partial charge in [0.15, 0.2) is 0 Å². The Morgan fingerprint density at radius 3 is 2.30 bits per heavy atom. The first-order valence-corrected chi connectivity index (χ1v) is 14.1. The van der Waals surface area contributed by atoms with Crippen molar-refractivity contribution in [2.24, 2.45) is 11.5 Å². The van der Waals surface area contributed by atoms with E-state index in [0.29, 0.717) is 57.4 Å². The molecule has 7 N–H and O–H groups in total. The summed E-state index contributed by atoms with van der Waals surface area (Å²) in [6.45, 7) is 0.899. The standard InChI is InChI=1S/C21H39N5O5S2/c1-32-12-8-14(23)20(29)26-11-5-7-17(26)19(28)24-15(6-3-4-10-22)18(27)25-16(21(30)31)9-13-33-2/h14-17H,3-13,22-23H2,1-2H3,(H,24,28)(H,25,27)(H,30,31). The van der Waals surface area contributed by atoms with Crippen LogP contribution in [0.3, 0.4) is 0 Å². The van der Waals surface area contributed by atoms with Crippen LogP contribution in [-0.2, 0) is 19.2 Å². The molecule has 0 aromatic heterocycles. The molecule has 190 valence electrons. The van der Waals surface area contributed by atoms with Crippen LogP contribution < -0.4 is 22.1 Å². The Labute approximate surface area is 204 Å². The third kappa shape index (κ3) is 10.1. The Hall–Kier alpha value is -1.50. The Bertz CT molecular complexity index is 655. The fraction of sp³-hybridized carbons (Fsp3) is 0.810. The van der Waals surface area contributed by atoms with Crippen LogP contribution >= 0.6 is 23.5 Å². The molecular formula is C21H39N5O5S2. The Kier molecular flexibility index (Phi) is 14.5. The normalized spacial score (nSPS) is 18.4. The van der Waals surface area contributed by atoms with Gasteiger partial charge in [-0.1, -0.05) is 0 Å². The molecule has 4 atom stereocenters. The molecule has 0 aromatic carbocycles. The van der Waals surface area contributed by atoms with Crippen LogP contribution in [-0.4, -0.2) is 95.0 Å². The second kappa shape index (κ2) is 16.2. The zero-order valence-electron chi connectivity index (χ0n) is 19.6. The highest BCUT2D eigenvalue weighted by atomic mass is 32.2. The van der Waals surface area contributed by atoms with Gasteiger partial charge in [-0.05, 0) is 75.5 Å². The van der Waals surface area contributed by atoms with Crippen molar-refractivity contribution in [3.63, 3.8) is 0 Å². The van der Waals surface area contributed by atoms with Crippen molar-refractivity contribution in [2.45, 2.75) is 69.1 Å². The fourth-order valence-corrected chi connectivity index (χ4v) is 4.64. The number of likely N-dealkylation sites (tertiary alicyclic amines) is 1. The molecule has 3 amide bonds. The summed E-state index contributed by atoms with van der Waals surface area (Å²) in [5, 5.41) is 14.7. The lowest BCUT2D eigenvalue weighted by Crippen LogP contribution is -2.56. The second-order valence-electron chi connectivity index (χ2n) is 8.10. The van der Waals surface area contributed by atoms with Gasteiger partial charge in [0.05, 0.1) is 6.04 Å². The van der Waals surface area contributed by atoms with E-state index in [1.165, 1.54) is 16.7 Å². The van der Waals surface area contributed by atoms with Gasteiger partial charge in [0.1, 0.15) is 18.1 Å². The summed E-state index contributed by atoms with van der Waals surface area (Å²) < 4.78 is 0. The van der Waals surface area contributed by atoms with E-state index in [2.05, 4.69) is 10.6 Å². The van der Waals surface area contributed by atoms with Gasteiger partial charge in [0.25, 0.3) is 0 Å². The van der Waals surface area contributed by atoms with Gasteiger partial charge in [-0.25, -0.2) is 4.79 Å². The molecule has 0 bridgehead atoms. The number of thioether (sulfide) groups is 2. The Morgan fingerprint density at radius 1 is 1.03 bits per heavy atom. The number of unbranched alkanes of at least 4 members (excludes halogenated alkanes) is 1. The number of aliphatic carboxylic acids is 1.